The Morgan fingerprint density at radius 2 is 2.09 bits per heavy atom. The molecule has 2 rings (SSSR count). The summed E-state index contributed by atoms with van der Waals surface area (Å²) in [5.74, 6) is -0.638. The van der Waals surface area contributed by atoms with Gasteiger partial charge in [-0.3, -0.25) is 14.7 Å². The Morgan fingerprint density at radius 3 is 2.68 bits per heavy atom. The topological polar surface area (TPSA) is 91.4 Å². The monoisotopic (exact) mass is 304 g/mol. The van der Waals surface area contributed by atoms with Crippen molar-refractivity contribution < 1.29 is 19.2 Å². The molecule has 2 aromatic rings. The Morgan fingerprint density at radius 1 is 1.36 bits per heavy atom. The maximum Gasteiger partial charge on any atom is 0.418 e. The highest BCUT2D eigenvalue weighted by Gasteiger charge is 2.23. The molecule has 0 aliphatic heterocycles. The lowest BCUT2D eigenvalue weighted by Crippen LogP contribution is -2.16. The molecule has 0 N–H and O–H groups in total. The van der Waals surface area contributed by atoms with Gasteiger partial charge in [0.15, 0.2) is 0 Å². The van der Waals surface area contributed by atoms with Crippen molar-refractivity contribution in [2.45, 2.75) is 19.3 Å². The number of rotatable bonds is 5. The molecular weight excluding hydrogens is 288 g/mol. The number of hydrogen-bond donors (Lipinski definition) is 0. The molecule has 0 saturated heterocycles. The minimum absolute atomic E-state index is 0.0868. The van der Waals surface area contributed by atoms with E-state index in [4.69, 9.17) is 4.74 Å². The second-order valence-electron chi connectivity index (χ2n) is 5.05. The van der Waals surface area contributed by atoms with Gasteiger partial charge in [0, 0.05) is 22.9 Å². The van der Waals surface area contributed by atoms with Crippen LogP contribution in [-0.2, 0) is 9.53 Å². The zero-order valence-electron chi connectivity index (χ0n) is 12.3. The van der Waals surface area contributed by atoms with Crippen LogP contribution in [0.3, 0.4) is 0 Å². The number of Topliss-reactive ketones (excluding diaryl/α,β-unsaturated/α-hetero) is 1. The maximum atomic E-state index is 11.7. The molecule has 1 heterocycles. The van der Waals surface area contributed by atoms with Crippen LogP contribution in [0.5, 0.6) is 0 Å². The third kappa shape index (κ3) is 3.13. The largest absolute Gasteiger partial charge is 0.452 e. The summed E-state index contributed by atoms with van der Waals surface area (Å²) in [4.78, 5) is 33.6. The number of ether oxygens (including phenoxy) is 1. The van der Waals surface area contributed by atoms with Gasteiger partial charge in [-0.15, -0.1) is 0 Å². The molecule has 0 spiro atoms. The average Bonchev–Trinajstić information content (AvgIpc) is 2.88. The van der Waals surface area contributed by atoms with Gasteiger partial charge >= 0.3 is 6.09 Å². The first kappa shape index (κ1) is 15.7. The predicted octanol–water partition coefficient (Wildman–Crippen LogP) is 2.60. The predicted molar refractivity (Wildman–Crippen MR) is 79.6 cm³/mol. The van der Waals surface area contributed by atoms with E-state index in [1.807, 2.05) is 0 Å². The lowest BCUT2D eigenvalue weighted by molar-refractivity contribution is -0.483. The van der Waals surface area contributed by atoms with Crippen molar-refractivity contribution in [3.63, 3.8) is 0 Å². The van der Waals surface area contributed by atoms with Gasteiger partial charge in [0.05, 0.1) is 18.5 Å². The molecule has 1 aromatic heterocycles. The maximum absolute atomic E-state index is 11.7. The average molecular weight is 304 g/mol. The van der Waals surface area contributed by atoms with E-state index in [1.165, 1.54) is 18.6 Å². The molecular formula is C15H16N2O5. The molecule has 1 unspecified atom stereocenters. The number of fused-ring (bicyclic) bond motifs is 1. The van der Waals surface area contributed by atoms with E-state index in [-0.39, 0.29) is 18.7 Å². The highest BCUT2D eigenvalue weighted by Crippen LogP contribution is 2.29. The third-order valence-corrected chi connectivity index (χ3v) is 3.48. The minimum Gasteiger partial charge on any atom is -0.452 e. The number of methoxy groups -OCH3 is 1. The van der Waals surface area contributed by atoms with Gasteiger partial charge in [-0.1, -0.05) is 12.1 Å². The molecule has 116 valence electrons. The van der Waals surface area contributed by atoms with Crippen LogP contribution in [0.1, 0.15) is 24.8 Å². The second kappa shape index (κ2) is 6.38. The minimum atomic E-state index is -0.537. The first-order chi connectivity index (χ1) is 10.4. The van der Waals surface area contributed by atoms with Crippen molar-refractivity contribution >= 4 is 22.8 Å². The van der Waals surface area contributed by atoms with Crippen molar-refractivity contribution in [1.29, 1.82) is 0 Å². The van der Waals surface area contributed by atoms with Gasteiger partial charge in [-0.2, -0.15) is 0 Å². The molecule has 22 heavy (non-hydrogen) atoms. The van der Waals surface area contributed by atoms with Gasteiger partial charge in [-0.05, 0) is 24.6 Å². The second-order valence-corrected chi connectivity index (χ2v) is 5.05. The number of nitro groups is 1. The van der Waals surface area contributed by atoms with Crippen molar-refractivity contribution in [1.82, 2.24) is 4.57 Å². The Balaban J connectivity index is 2.53. The highest BCUT2D eigenvalue weighted by molar-refractivity contribution is 5.92. The van der Waals surface area contributed by atoms with Crippen LogP contribution in [0.15, 0.2) is 30.5 Å². The number of ketones is 1. The lowest BCUT2D eigenvalue weighted by atomic mass is 9.91. The normalized spacial score (nSPS) is 12.1. The summed E-state index contributed by atoms with van der Waals surface area (Å²) in [5, 5.41) is 11.6. The highest BCUT2D eigenvalue weighted by atomic mass is 16.6. The summed E-state index contributed by atoms with van der Waals surface area (Å²) in [6, 6.07) is 6.90. The number of aromatic nitrogens is 1. The molecule has 0 aliphatic rings. The van der Waals surface area contributed by atoms with Crippen LogP contribution in [0.25, 0.3) is 10.9 Å². The van der Waals surface area contributed by atoms with Crippen LogP contribution in [0.2, 0.25) is 0 Å². The Hall–Kier alpha value is -2.70. The summed E-state index contributed by atoms with van der Waals surface area (Å²) in [5.41, 5.74) is 1.29. The van der Waals surface area contributed by atoms with E-state index in [9.17, 15) is 19.7 Å². The van der Waals surface area contributed by atoms with E-state index in [2.05, 4.69) is 0 Å². The summed E-state index contributed by atoms with van der Waals surface area (Å²) in [7, 11) is 1.28. The van der Waals surface area contributed by atoms with E-state index < -0.39 is 16.9 Å². The zero-order chi connectivity index (χ0) is 16.3. The summed E-state index contributed by atoms with van der Waals surface area (Å²) in [6.07, 6.45) is 1.10. The fourth-order valence-electron chi connectivity index (χ4n) is 2.60. The molecule has 1 aromatic carbocycles. The van der Waals surface area contributed by atoms with Gasteiger partial charge in [-0.25, -0.2) is 4.79 Å². The van der Waals surface area contributed by atoms with Crippen molar-refractivity contribution in [2.75, 3.05) is 13.7 Å². The SMILES string of the molecule is COC(=O)n1ccc2c(C(CC(C)=O)C[N+](=O)[O-])cccc21. The summed E-state index contributed by atoms with van der Waals surface area (Å²) < 4.78 is 6.02. The quantitative estimate of drug-likeness (QED) is 0.625. The molecule has 7 heteroatoms. The molecule has 0 radical (unpaired) electrons. The summed E-state index contributed by atoms with van der Waals surface area (Å²) >= 11 is 0. The molecule has 7 nitrogen and oxygen atoms in total. The smallest absolute Gasteiger partial charge is 0.418 e. The van der Waals surface area contributed by atoms with Gasteiger partial charge < -0.3 is 9.53 Å². The van der Waals surface area contributed by atoms with Crippen LogP contribution in [0, 0.1) is 10.1 Å². The van der Waals surface area contributed by atoms with Gasteiger partial charge in [0.2, 0.25) is 6.54 Å². The zero-order valence-corrected chi connectivity index (χ0v) is 12.3. The number of carbonyl (C=O) groups is 2. The van der Waals surface area contributed by atoms with E-state index in [1.54, 1.807) is 30.5 Å². The Kier molecular flexibility index (Phi) is 4.55. The first-order valence-corrected chi connectivity index (χ1v) is 6.73. The number of carbonyl (C=O) groups excluding carboxylic acids is 2. The van der Waals surface area contributed by atoms with Gasteiger partial charge in [0.1, 0.15) is 5.78 Å². The van der Waals surface area contributed by atoms with Crippen LogP contribution < -0.4 is 0 Å². The molecule has 0 aliphatic carbocycles. The van der Waals surface area contributed by atoms with Crippen LogP contribution >= 0.6 is 0 Å². The molecule has 1 atom stereocenters. The molecule has 0 amide bonds. The first-order valence-electron chi connectivity index (χ1n) is 6.73. The van der Waals surface area contributed by atoms with E-state index >= 15 is 0 Å². The van der Waals surface area contributed by atoms with Crippen LogP contribution in [0.4, 0.5) is 4.79 Å². The number of hydrogen-bond acceptors (Lipinski definition) is 5. The van der Waals surface area contributed by atoms with Gasteiger partial charge in [0.25, 0.3) is 0 Å². The van der Waals surface area contributed by atoms with E-state index in [0.29, 0.717) is 16.5 Å². The number of nitrogens with zero attached hydrogens (tertiary/aromatic N) is 2. The van der Waals surface area contributed by atoms with Crippen molar-refractivity contribution in [3.8, 4) is 0 Å². The van der Waals surface area contributed by atoms with Crippen molar-refractivity contribution in [3.05, 3.63) is 46.1 Å². The van der Waals surface area contributed by atoms with E-state index in [0.717, 1.165) is 0 Å². The van der Waals surface area contributed by atoms with Crippen molar-refractivity contribution in [2.24, 2.45) is 0 Å². The van der Waals surface area contributed by atoms with Crippen LogP contribution in [-0.4, -0.2) is 35.0 Å². The lowest BCUT2D eigenvalue weighted by Gasteiger charge is -2.13. The Labute approximate surface area is 126 Å². The molecule has 0 saturated carbocycles. The Bertz CT molecular complexity index is 719. The standard InChI is InChI=1S/C15H16N2O5/c1-10(18)8-11(9-17(20)21)12-4-3-5-14-13(12)6-7-16(14)15(19)22-2/h3-7,11H,8-9H2,1-2H3. The fourth-order valence-corrected chi connectivity index (χ4v) is 2.60. The summed E-state index contributed by atoms with van der Waals surface area (Å²) in [6.45, 7) is 1.08. The number of benzene rings is 1. The molecule has 0 fully saturated rings. The third-order valence-electron chi connectivity index (χ3n) is 3.48. The fraction of sp³-hybridized carbons (Fsp3) is 0.333. The molecule has 0 bridgehead atoms.